The lowest BCUT2D eigenvalue weighted by Crippen LogP contribution is -2.42. The Balaban J connectivity index is 1.80. The van der Waals surface area contributed by atoms with Crippen molar-refractivity contribution in [3.8, 4) is 5.75 Å². The number of halogens is 1. The molecule has 1 saturated carbocycles. The maximum Gasteiger partial charge on any atom is 0.123 e. The van der Waals surface area contributed by atoms with E-state index in [9.17, 15) is 4.39 Å². The highest BCUT2D eigenvalue weighted by atomic mass is 19.1. The van der Waals surface area contributed by atoms with Gasteiger partial charge in [0.05, 0.1) is 0 Å². The van der Waals surface area contributed by atoms with Gasteiger partial charge in [0.1, 0.15) is 18.2 Å². The molecule has 0 aromatic heterocycles. The first-order valence-corrected chi connectivity index (χ1v) is 7.57. The fourth-order valence-electron chi connectivity index (χ4n) is 3.14. The topological polar surface area (TPSA) is 38.5 Å². The summed E-state index contributed by atoms with van der Waals surface area (Å²) < 4.78 is 18.5. The quantitative estimate of drug-likeness (QED) is 0.834. The van der Waals surface area contributed by atoms with Crippen LogP contribution in [0.2, 0.25) is 0 Å². The van der Waals surface area contributed by atoms with Crippen LogP contribution >= 0.6 is 0 Å². The predicted molar refractivity (Wildman–Crippen MR) is 79.3 cm³/mol. The monoisotopic (exact) mass is 280 g/mol. The summed E-state index contributed by atoms with van der Waals surface area (Å²) >= 11 is 0. The molecular weight excluding hydrogens is 255 g/mol. The van der Waals surface area contributed by atoms with E-state index in [4.69, 9.17) is 10.5 Å². The van der Waals surface area contributed by atoms with Crippen LogP contribution in [0.4, 0.5) is 4.39 Å². The molecule has 0 spiro atoms. The van der Waals surface area contributed by atoms with Crippen LogP contribution in [0.1, 0.15) is 26.2 Å². The van der Waals surface area contributed by atoms with E-state index in [0.29, 0.717) is 18.6 Å². The van der Waals surface area contributed by atoms with Crippen molar-refractivity contribution in [2.75, 3.05) is 26.2 Å². The fraction of sp³-hybridized carbons (Fsp3) is 0.625. The second-order valence-electron chi connectivity index (χ2n) is 5.43. The van der Waals surface area contributed by atoms with Gasteiger partial charge in [-0.05, 0) is 56.1 Å². The Morgan fingerprint density at radius 2 is 2.05 bits per heavy atom. The highest BCUT2D eigenvalue weighted by Gasteiger charge is 2.30. The van der Waals surface area contributed by atoms with E-state index < -0.39 is 0 Å². The second-order valence-corrected chi connectivity index (χ2v) is 5.43. The van der Waals surface area contributed by atoms with Crippen molar-refractivity contribution in [2.45, 2.75) is 32.2 Å². The number of nitrogens with two attached hydrogens (primary N) is 1. The molecule has 1 aromatic rings. The molecule has 112 valence electrons. The molecule has 0 aliphatic heterocycles. The lowest BCUT2D eigenvalue weighted by molar-refractivity contribution is 0.141. The number of benzene rings is 1. The zero-order chi connectivity index (χ0) is 14.4. The van der Waals surface area contributed by atoms with E-state index in [-0.39, 0.29) is 5.82 Å². The molecule has 20 heavy (non-hydrogen) atoms. The van der Waals surface area contributed by atoms with Crippen molar-refractivity contribution in [3.63, 3.8) is 0 Å². The van der Waals surface area contributed by atoms with Gasteiger partial charge in [-0.1, -0.05) is 13.3 Å². The van der Waals surface area contributed by atoms with Crippen molar-refractivity contribution in [2.24, 2.45) is 11.7 Å². The number of rotatable bonds is 7. The Bertz CT molecular complexity index is 396. The predicted octanol–water partition coefficient (Wildman–Crippen LogP) is 2.65. The minimum atomic E-state index is -0.232. The van der Waals surface area contributed by atoms with Gasteiger partial charge in [0.25, 0.3) is 0 Å². The van der Waals surface area contributed by atoms with Gasteiger partial charge in [0.15, 0.2) is 0 Å². The SMILES string of the molecule is CCN(CCOc1ccc(F)cc1)C1CCCC1CN. The van der Waals surface area contributed by atoms with Gasteiger partial charge in [-0.3, -0.25) is 4.90 Å². The third kappa shape index (κ3) is 3.93. The third-order valence-corrected chi connectivity index (χ3v) is 4.26. The van der Waals surface area contributed by atoms with Crippen molar-refractivity contribution in [3.05, 3.63) is 30.1 Å². The minimum Gasteiger partial charge on any atom is -0.492 e. The molecule has 0 amide bonds. The molecule has 2 rings (SSSR count). The molecule has 0 radical (unpaired) electrons. The highest BCUT2D eigenvalue weighted by molar-refractivity contribution is 5.21. The molecule has 2 atom stereocenters. The molecule has 0 saturated heterocycles. The average Bonchev–Trinajstić information content (AvgIpc) is 2.94. The van der Waals surface area contributed by atoms with E-state index in [1.807, 2.05) is 0 Å². The molecule has 2 unspecified atom stereocenters. The van der Waals surface area contributed by atoms with Gasteiger partial charge in [0, 0.05) is 12.6 Å². The van der Waals surface area contributed by atoms with Crippen LogP contribution in [0, 0.1) is 11.7 Å². The van der Waals surface area contributed by atoms with E-state index >= 15 is 0 Å². The minimum absolute atomic E-state index is 0.232. The number of nitrogens with zero attached hydrogens (tertiary/aromatic N) is 1. The van der Waals surface area contributed by atoms with Crippen LogP contribution in [-0.2, 0) is 0 Å². The first kappa shape index (κ1) is 15.3. The summed E-state index contributed by atoms with van der Waals surface area (Å²) in [5.41, 5.74) is 5.86. The number of likely N-dealkylation sites (N-methyl/N-ethyl adjacent to an activating group) is 1. The van der Waals surface area contributed by atoms with Crippen LogP contribution in [0.15, 0.2) is 24.3 Å². The molecule has 1 aliphatic rings. The lowest BCUT2D eigenvalue weighted by Gasteiger charge is -2.31. The van der Waals surface area contributed by atoms with Gasteiger partial charge in [0.2, 0.25) is 0 Å². The van der Waals surface area contributed by atoms with Gasteiger partial charge in [-0.25, -0.2) is 4.39 Å². The first-order chi connectivity index (χ1) is 9.74. The van der Waals surface area contributed by atoms with Crippen LogP contribution < -0.4 is 10.5 Å². The van der Waals surface area contributed by atoms with Crippen LogP contribution in [0.3, 0.4) is 0 Å². The van der Waals surface area contributed by atoms with E-state index in [0.717, 1.165) is 25.4 Å². The molecule has 0 bridgehead atoms. The molecule has 4 heteroatoms. The molecule has 3 nitrogen and oxygen atoms in total. The molecule has 2 N–H and O–H groups in total. The normalized spacial score (nSPS) is 22.4. The third-order valence-electron chi connectivity index (χ3n) is 4.26. The lowest BCUT2D eigenvalue weighted by atomic mass is 10.0. The van der Waals surface area contributed by atoms with Crippen LogP contribution in [-0.4, -0.2) is 37.2 Å². The largest absolute Gasteiger partial charge is 0.492 e. The molecule has 1 fully saturated rings. The van der Waals surface area contributed by atoms with E-state index in [1.165, 1.54) is 31.4 Å². The second kappa shape index (κ2) is 7.60. The highest BCUT2D eigenvalue weighted by Crippen LogP contribution is 2.29. The van der Waals surface area contributed by atoms with Crippen LogP contribution in [0.5, 0.6) is 5.75 Å². The average molecular weight is 280 g/mol. The maximum atomic E-state index is 12.8. The van der Waals surface area contributed by atoms with Gasteiger partial charge in [-0.2, -0.15) is 0 Å². The fourth-order valence-corrected chi connectivity index (χ4v) is 3.14. The summed E-state index contributed by atoms with van der Waals surface area (Å²) in [5.74, 6) is 1.12. The summed E-state index contributed by atoms with van der Waals surface area (Å²) in [6.45, 7) is 5.51. The zero-order valence-electron chi connectivity index (χ0n) is 12.2. The van der Waals surface area contributed by atoms with Crippen molar-refractivity contribution in [1.29, 1.82) is 0 Å². The van der Waals surface area contributed by atoms with E-state index in [2.05, 4.69) is 11.8 Å². The summed E-state index contributed by atoms with van der Waals surface area (Å²) in [4.78, 5) is 2.47. The molecule has 1 aliphatic carbocycles. The van der Waals surface area contributed by atoms with Gasteiger partial charge in [-0.15, -0.1) is 0 Å². The Labute approximate surface area is 120 Å². The van der Waals surface area contributed by atoms with E-state index in [1.54, 1.807) is 12.1 Å². The van der Waals surface area contributed by atoms with Gasteiger partial charge >= 0.3 is 0 Å². The first-order valence-electron chi connectivity index (χ1n) is 7.57. The molecule has 1 aromatic carbocycles. The zero-order valence-corrected chi connectivity index (χ0v) is 12.2. The molecular formula is C16H25FN2O. The van der Waals surface area contributed by atoms with Crippen molar-refractivity contribution in [1.82, 2.24) is 4.90 Å². The number of ether oxygens (including phenoxy) is 1. The summed E-state index contributed by atoms with van der Waals surface area (Å²) in [5, 5.41) is 0. The summed E-state index contributed by atoms with van der Waals surface area (Å²) in [6, 6.07) is 6.79. The van der Waals surface area contributed by atoms with Crippen LogP contribution in [0.25, 0.3) is 0 Å². The van der Waals surface area contributed by atoms with Crippen molar-refractivity contribution >= 4 is 0 Å². The Hall–Kier alpha value is -1.13. The molecule has 0 heterocycles. The maximum absolute atomic E-state index is 12.8. The number of hydrogen-bond acceptors (Lipinski definition) is 3. The Morgan fingerprint density at radius 3 is 2.70 bits per heavy atom. The smallest absolute Gasteiger partial charge is 0.123 e. The van der Waals surface area contributed by atoms with Gasteiger partial charge < -0.3 is 10.5 Å². The summed E-state index contributed by atoms with van der Waals surface area (Å²) in [6.07, 6.45) is 3.77. The summed E-state index contributed by atoms with van der Waals surface area (Å²) in [7, 11) is 0. The Morgan fingerprint density at radius 1 is 1.30 bits per heavy atom. The van der Waals surface area contributed by atoms with Crippen molar-refractivity contribution < 1.29 is 9.13 Å². The number of hydrogen-bond donors (Lipinski definition) is 1. The standard InChI is InChI=1S/C16H25FN2O/c1-2-19(16-5-3-4-13(16)12-18)10-11-20-15-8-6-14(17)7-9-15/h6-9,13,16H,2-5,10-12,18H2,1H3. The Kier molecular flexibility index (Phi) is 5.80.